The number of anilines is 1. The second-order valence-electron chi connectivity index (χ2n) is 4.99. The number of hydrogen-bond donors (Lipinski definition) is 1. The molecular formula is C11H20N4O2S. The molecule has 0 aliphatic heterocycles. The van der Waals surface area contributed by atoms with Crippen molar-refractivity contribution in [3.05, 3.63) is 5.69 Å². The van der Waals surface area contributed by atoms with Crippen molar-refractivity contribution in [2.45, 2.75) is 50.3 Å². The predicted octanol–water partition coefficient (Wildman–Crippen LogP) is 0.951. The largest absolute Gasteiger partial charge is 0.381 e. The summed E-state index contributed by atoms with van der Waals surface area (Å²) in [5.41, 5.74) is 6.68. The molecule has 18 heavy (non-hydrogen) atoms. The molecule has 1 saturated carbocycles. The van der Waals surface area contributed by atoms with E-state index in [1.165, 1.54) is 6.26 Å². The summed E-state index contributed by atoms with van der Waals surface area (Å²) in [6.45, 7) is 2.00. The van der Waals surface area contributed by atoms with Gasteiger partial charge in [0.1, 0.15) is 9.84 Å². The van der Waals surface area contributed by atoms with Crippen molar-refractivity contribution in [2.75, 3.05) is 12.0 Å². The van der Waals surface area contributed by atoms with Gasteiger partial charge in [-0.2, -0.15) is 0 Å². The number of nitrogen functional groups attached to an aromatic ring is 1. The van der Waals surface area contributed by atoms with Crippen LogP contribution in [0, 0.1) is 0 Å². The Balaban J connectivity index is 2.23. The maximum Gasteiger partial charge on any atom is 0.169 e. The molecule has 1 aliphatic rings. The highest BCUT2D eigenvalue weighted by molar-refractivity contribution is 7.91. The van der Waals surface area contributed by atoms with Crippen LogP contribution in [0.5, 0.6) is 0 Å². The van der Waals surface area contributed by atoms with E-state index in [9.17, 15) is 8.42 Å². The molecular weight excluding hydrogens is 252 g/mol. The Hall–Kier alpha value is -1.11. The molecule has 2 rings (SSSR count). The molecule has 1 aliphatic carbocycles. The van der Waals surface area contributed by atoms with Crippen LogP contribution >= 0.6 is 0 Å². The van der Waals surface area contributed by atoms with Crippen LogP contribution in [-0.2, 0) is 16.3 Å². The van der Waals surface area contributed by atoms with Crippen LogP contribution in [0.3, 0.4) is 0 Å². The second-order valence-corrected chi connectivity index (χ2v) is 7.32. The number of rotatable bonds is 3. The third-order valence-electron chi connectivity index (χ3n) is 3.71. The van der Waals surface area contributed by atoms with Crippen molar-refractivity contribution < 1.29 is 8.42 Å². The highest BCUT2D eigenvalue weighted by atomic mass is 32.2. The van der Waals surface area contributed by atoms with Crippen LogP contribution in [-0.4, -0.2) is 34.9 Å². The van der Waals surface area contributed by atoms with Gasteiger partial charge in [-0.3, -0.25) is 0 Å². The molecule has 1 fully saturated rings. The van der Waals surface area contributed by atoms with Gasteiger partial charge >= 0.3 is 0 Å². The molecule has 0 amide bonds. The van der Waals surface area contributed by atoms with Gasteiger partial charge in [-0.1, -0.05) is 18.6 Å². The summed E-state index contributed by atoms with van der Waals surface area (Å²) in [6.07, 6.45) is 5.30. The molecule has 1 heterocycles. The fourth-order valence-corrected chi connectivity index (χ4v) is 3.86. The highest BCUT2D eigenvalue weighted by Gasteiger charge is 2.31. The third kappa shape index (κ3) is 2.50. The Kier molecular flexibility index (Phi) is 3.61. The fraction of sp³-hybridized carbons (Fsp3) is 0.818. The van der Waals surface area contributed by atoms with E-state index in [0.29, 0.717) is 12.2 Å². The van der Waals surface area contributed by atoms with Crippen LogP contribution < -0.4 is 5.73 Å². The number of sulfone groups is 1. The molecule has 2 atom stereocenters. The molecule has 2 unspecified atom stereocenters. The highest BCUT2D eigenvalue weighted by Crippen LogP contribution is 2.32. The second kappa shape index (κ2) is 4.87. The average Bonchev–Trinajstić information content (AvgIpc) is 2.69. The summed E-state index contributed by atoms with van der Waals surface area (Å²) < 4.78 is 25.1. The van der Waals surface area contributed by atoms with Gasteiger partial charge in [0.2, 0.25) is 0 Å². The normalized spacial score (nSPS) is 25.2. The van der Waals surface area contributed by atoms with Crippen LogP contribution in [0.25, 0.3) is 0 Å². The van der Waals surface area contributed by atoms with Crippen molar-refractivity contribution in [3.8, 4) is 0 Å². The summed E-state index contributed by atoms with van der Waals surface area (Å²) in [5.74, 6) is 0.457. The molecule has 2 N–H and O–H groups in total. The van der Waals surface area contributed by atoms with E-state index in [2.05, 4.69) is 10.3 Å². The van der Waals surface area contributed by atoms with Crippen LogP contribution in [0.1, 0.15) is 44.3 Å². The van der Waals surface area contributed by atoms with Gasteiger partial charge in [-0.05, 0) is 25.7 Å². The Bertz CT molecular complexity index is 523. The minimum absolute atomic E-state index is 0.109. The fourth-order valence-electron chi connectivity index (χ4n) is 2.69. The van der Waals surface area contributed by atoms with Crippen molar-refractivity contribution in [3.63, 3.8) is 0 Å². The molecule has 0 radical (unpaired) electrons. The van der Waals surface area contributed by atoms with Crippen molar-refractivity contribution >= 4 is 15.7 Å². The van der Waals surface area contributed by atoms with Gasteiger partial charge in [0.25, 0.3) is 0 Å². The lowest BCUT2D eigenvalue weighted by Crippen LogP contribution is -2.30. The van der Waals surface area contributed by atoms with Gasteiger partial charge < -0.3 is 5.73 Å². The molecule has 1 aromatic heterocycles. The molecule has 102 valence electrons. The van der Waals surface area contributed by atoms with Gasteiger partial charge in [0.05, 0.1) is 17.0 Å². The van der Waals surface area contributed by atoms with E-state index in [1.54, 1.807) is 0 Å². The number of hydrogen-bond acceptors (Lipinski definition) is 5. The van der Waals surface area contributed by atoms with Gasteiger partial charge in [-0.15, -0.1) is 5.10 Å². The molecule has 1 aromatic rings. The van der Waals surface area contributed by atoms with Gasteiger partial charge in [-0.25, -0.2) is 13.1 Å². The number of aromatic nitrogens is 3. The van der Waals surface area contributed by atoms with Crippen molar-refractivity contribution in [1.82, 2.24) is 15.0 Å². The molecule has 0 saturated heterocycles. The first-order valence-corrected chi connectivity index (χ1v) is 8.27. The zero-order valence-electron chi connectivity index (χ0n) is 10.8. The molecule has 0 aromatic carbocycles. The number of nitrogens with two attached hydrogens (primary N) is 1. The zero-order chi connectivity index (χ0) is 13.3. The maximum atomic E-state index is 11.7. The monoisotopic (exact) mass is 272 g/mol. The van der Waals surface area contributed by atoms with E-state index in [4.69, 9.17) is 5.73 Å². The molecule has 0 bridgehead atoms. The first-order valence-electron chi connectivity index (χ1n) is 6.32. The summed E-state index contributed by atoms with van der Waals surface area (Å²) in [6, 6.07) is 0.109. The number of nitrogens with zero attached hydrogens (tertiary/aromatic N) is 3. The van der Waals surface area contributed by atoms with Crippen molar-refractivity contribution in [1.29, 1.82) is 0 Å². The predicted molar refractivity (Wildman–Crippen MR) is 69.9 cm³/mol. The van der Waals surface area contributed by atoms with Crippen LogP contribution in [0.15, 0.2) is 0 Å². The average molecular weight is 272 g/mol. The maximum absolute atomic E-state index is 11.7. The first-order chi connectivity index (χ1) is 8.43. The lowest BCUT2D eigenvalue weighted by molar-refractivity contribution is 0.318. The smallest absolute Gasteiger partial charge is 0.169 e. The van der Waals surface area contributed by atoms with Crippen LogP contribution in [0.2, 0.25) is 0 Å². The minimum atomic E-state index is -2.97. The van der Waals surface area contributed by atoms with Gasteiger partial charge in [0, 0.05) is 6.26 Å². The summed E-state index contributed by atoms with van der Waals surface area (Å²) in [7, 11) is -2.97. The third-order valence-corrected chi connectivity index (χ3v) is 5.34. The molecule has 0 spiro atoms. The Labute approximate surface area is 107 Å². The Morgan fingerprint density at radius 3 is 2.78 bits per heavy atom. The van der Waals surface area contributed by atoms with Gasteiger partial charge in [0.15, 0.2) is 5.82 Å². The first kappa shape index (κ1) is 13.3. The molecule has 7 heteroatoms. The topological polar surface area (TPSA) is 90.9 Å². The van der Waals surface area contributed by atoms with E-state index >= 15 is 0 Å². The Morgan fingerprint density at radius 2 is 2.17 bits per heavy atom. The SMILES string of the molecule is CCc1c(N)nnn1C1CCCC(S(C)(=O)=O)C1. The summed E-state index contributed by atoms with van der Waals surface area (Å²) in [5, 5.41) is 7.71. The standard InChI is InChI=1S/C11H20N4O2S/c1-3-10-11(12)13-14-15(10)8-5-4-6-9(7-8)18(2,16)17/h8-9H,3-7,12H2,1-2H3. The van der Waals surface area contributed by atoms with E-state index in [-0.39, 0.29) is 11.3 Å². The quantitative estimate of drug-likeness (QED) is 0.884. The van der Waals surface area contributed by atoms with Crippen LogP contribution in [0.4, 0.5) is 5.82 Å². The lowest BCUT2D eigenvalue weighted by atomic mass is 9.95. The van der Waals surface area contributed by atoms with E-state index in [0.717, 1.165) is 31.4 Å². The van der Waals surface area contributed by atoms with E-state index in [1.807, 2.05) is 11.6 Å². The zero-order valence-corrected chi connectivity index (χ0v) is 11.7. The molecule has 6 nitrogen and oxygen atoms in total. The van der Waals surface area contributed by atoms with E-state index < -0.39 is 9.84 Å². The summed E-state index contributed by atoms with van der Waals surface area (Å²) >= 11 is 0. The lowest BCUT2D eigenvalue weighted by Gasteiger charge is -2.28. The Morgan fingerprint density at radius 1 is 1.44 bits per heavy atom. The minimum Gasteiger partial charge on any atom is -0.381 e. The summed E-state index contributed by atoms with van der Waals surface area (Å²) in [4.78, 5) is 0. The van der Waals surface area contributed by atoms with Crippen molar-refractivity contribution in [2.24, 2.45) is 0 Å².